The lowest BCUT2D eigenvalue weighted by Crippen LogP contribution is -2.19. The predicted molar refractivity (Wildman–Crippen MR) is 70.3 cm³/mol. The van der Waals surface area contributed by atoms with Crippen LogP contribution in [-0.2, 0) is 6.42 Å². The summed E-state index contributed by atoms with van der Waals surface area (Å²) in [5, 5.41) is 14.7. The lowest BCUT2D eigenvalue weighted by Gasteiger charge is -2.04. The highest BCUT2D eigenvalue weighted by Gasteiger charge is 1.94. The van der Waals surface area contributed by atoms with Gasteiger partial charge in [-0.2, -0.15) is 0 Å². The Hall–Kier alpha value is -1.55. The second kappa shape index (κ2) is 8.58. The van der Waals surface area contributed by atoms with E-state index >= 15 is 0 Å². The largest absolute Gasteiger partial charge is 0.409 e. The van der Waals surface area contributed by atoms with Crippen LogP contribution < -0.4 is 11.1 Å². The van der Waals surface area contributed by atoms with E-state index in [1.807, 2.05) is 6.07 Å². The van der Waals surface area contributed by atoms with Crippen LogP contribution in [0.15, 0.2) is 35.5 Å². The number of unbranched alkanes of at least 4 members (excludes halogenated alkanes) is 1. The molecule has 0 aliphatic rings. The summed E-state index contributed by atoms with van der Waals surface area (Å²) >= 11 is 0. The Labute approximate surface area is 103 Å². The van der Waals surface area contributed by atoms with Crippen LogP contribution in [0.2, 0.25) is 0 Å². The van der Waals surface area contributed by atoms with Crippen molar-refractivity contribution < 1.29 is 5.21 Å². The normalized spacial score (nSPS) is 11.6. The Balaban J connectivity index is 1.95. The van der Waals surface area contributed by atoms with Crippen molar-refractivity contribution >= 4 is 5.84 Å². The molecule has 0 atom stereocenters. The second-order valence-electron chi connectivity index (χ2n) is 4.03. The number of hydrogen-bond donors (Lipinski definition) is 3. The first-order valence-electron chi connectivity index (χ1n) is 6.04. The van der Waals surface area contributed by atoms with Gasteiger partial charge in [-0.05, 0) is 37.9 Å². The van der Waals surface area contributed by atoms with Gasteiger partial charge in [0.25, 0.3) is 0 Å². The Morgan fingerprint density at radius 3 is 2.65 bits per heavy atom. The van der Waals surface area contributed by atoms with E-state index < -0.39 is 0 Å². The minimum absolute atomic E-state index is 0.314. The minimum atomic E-state index is 0.314. The number of amidine groups is 1. The summed E-state index contributed by atoms with van der Waals surface area (Å²) in [6.07, 6.45) is 3.72. The molecule has 0 fully saturated rings. The van der Waals surface area contributed by atoms with Crippen molar-refractivity contribution in [1.82, 2.24) is 5.32 Å². The van der Waals surface area contributed by atoms with Crippen LogP contribution in [-0.4, -0.2) is 24.1 Å². The number of nitrogens with one attached hydrogen (secondary N) is 1. The highest BCUT2D eigenvalue weighted by Crippen LogP contribution is 1.98. The molecule has 0 aliphatic carbocycles. The Morgan fingerprint density at radius 1 is 1.18 bits per heavy atom. The van der Waals surface area contributed by atoms with Gasteiger partial charge < -0.3 is 16.3 Å². The fraction of sp³-hybridized carbons (Fsp3) is 0.462. The molecule has 0 bridgehead atoms. The van der Waals surface area contributed by atoms with Gasteiger partial charge in [0.2, 0.25) is 0 Å². The molecule has 0 heterocycles. The lowest BCUT2D eigenvalue weighted by molar-refractivity contribution is 0.316. The molecular weight excluding hydrogens is 214 g/mol. The number of nitrogens with two attached hydrogens (primary N) is 1. The number of benzene rings is 1. The van der Waals surface area contributed by atoms with Crippen molar-refractivity contribution in [3.05, 3.63) is 35.9 Å². The second-order valence-corrected chi connectivity index (χ2v) is 4.03. The third-order valence-corrected chi connectivity index (χ3v) is 2.60. The van der Waals surface area contributed by atoms with Crippen LogP contribution in [0.1, 0.15) is 24.8 Å². The summed E-state index contributed by atoms with van der Waals surface area (Å²) < 4.78 is 0. The fourth-order valence-corrected chi connectivity index (χ4v) is 1.61. The molecule has 1 aromatic carbocycles. The highest BCUT2D eigenvalue weighted by atomic mass is 16.4. The number of oxime groups is 1. The molecule has 0 saturated heterocycles. The van der Waals surface area contributed by atoms with Crippen molar-refractivity contribution in [1.29, 1.82) is 0 Å². The molecule has 0 aliphatic heterocycles. The molecule has 4 heteroatoms. The van der Waals surface area contributed by atoms with Gasteiger partial charge in [0.05, 0.1) is 0 Å². The molecule has 94 valence electrons. The first-order valence-corrected chi connectivity index (χ1v) is 6.04. The molecule has 0 aromatic heterocycles. The van der Waals surface area contributed by atoms with Gasteiger partial charge in [-0.3, -0.25) is 0 Å². The number of rotatable bonds is 8. The van der Waals surface area contributed by atoms with Crippen molar-refractivity contribution in [2.24, 2.45) is 10.9 Å². The zero-order chi connectivity index (χ0) is 12.3. The van der Waals surface area contributed by atoms with Gasteiger partial charge in [0, 0.05) is 6.42 Å². The quantitative estimate of drug-likeness (QED) is 0.211. The summed E-state index contributed by atoms with van der Waals surface area (Å²) in [7, 11) is 0. The lowest BCUT2D eigenvalue weighted by atomic mass is 10.1. The first-order chi connectivity index (χ1) is 8.33. The highest BCUT2D eigenvalue weighted by molar-refractivity contribution is 5.79. The summed E-state index contributed by atoms with van der Waals surface area (Å²) in [6, 6.07) is 10.4. The van der Waals surface area contributed by atoms with Gasteiger partial charge in [-0.1, -0.05) is 35.5 Å². The van der Waals surface area contributed by atoms with E-state index in [0.29, 0.717) is 12.3 Å². The van der Waals surface area contributed by atoms with Gasteiger partial charge in [-0.25, -0.2) is 0 Å². The molecule has 4 nitrogen and oxygen atoms in total. The third kappa shape index (κ3) is 6.58. The van der Waals surface area contributed by atoms with Crippen LogP contribution >= 0.6 is 0 Å². The van der Waals surface area contributed by atoms with Crippen LogP contribution in [0.3, 0.4) is 0 Å². The summed E-state index contributed by atoms with van der Waals surface area (Å²) in [4.78, 5) is 0. The fourth-order valence-electron chi connectivity index (χ4n) is 1.61. The third-order valence-electron chi connectivity index (χ3n) is 2.60. The molecule has 4 N–H and O–H groups in total. The Morgan fingerprint density at radius 2 is 1.94 bits per heavy atom. The molecular formula is C13H21N3O. The first kappa shape index (κ1) is 13.5. The van der Waals surface area contributed by atoms with Crippen LogP contribution in [0.4, 0.5) is 0 Å². The monoisotopic (exact) mass is 235 g/mol. The van der Waals surface area contributed by atoms with Crippen molar-refractivity contribution in [3.8, 4) is 0 Å². The summed E-state index contributed by atoms with van der Waals surface area (Å²) in [5.74, 6) is 0.314. The molecule has 17 heavy (non-hydrogen) atoms. The summed E-state index contributed by atoms with van der Waals surface area (Å²) in [5.41, 5.74) is 6.73. The maximum absolute atomic E-state index is 8.35. The molecule has 0 unspecified atom stereocenters. The maximum atomic E-state index is 8.35. The SMILES string of the molecule is NC(CCCCNCCc1ccccc1)=NO. The predicted octanol–water partition coefficient (Wildman–Crippen LogP) is 1.74. The van der Waals surface area contributed by atoms with Crippen molar-refractivity contribution in [2.75, 3.05) is 13.1 Å². The number of nitrogens with zero attached hydrogens (tertiary/aromatic N) is 1. The van der Waals surface area contributed by atoms with Crippen LogP contribution in [0.5, 0.6) is 0 Å². The van der Waals surface area contributed by atoms with E-state index in [1.54, 1.807) is 0 Å². The zero-order valence-electron chi connectivity index (χ0n) is 10.1. The minimum Gasteiger partial charge on any atom is -0.409 e. The average Bonchev–Trinajstić information content (AvgIpc) is 2.38. The zero-order valence-corrected chi connectivity index (χ0v) is 10.1. The molecule has 0 saturated carbocycles. The Bertz CT molecular complexity index is 325. The molecule has 0 spiro atoms. The van der Waals surface area contributed by atoms with Crippen molar-refractivity contribution in [2.45, 2.75) is 25.7 Å². The van der Waals surface area contributed by atoms with Crippen molar-refractivity contribution in [3.63, 3.8) is 0 Å². The molecule has 0 amide bonds. The van der Waals surface area contributed by atoms with E-state index in [2.05, 4.69) is 34.7 Å². The van der Waals surface area contributed by atoms with E-state index in [0.717, 1.165) is 32.4 Å². The van der Waals surface area contributed by atoms with E-state index in [1.165, 1.54) is 5.56 Å². The summed E-state index contributed by atoms with van der Waals surface area (Å²) in [6.45, 7) is 1.97. The van der Waals surface area contributed by atoms with Crippen LogP contribution in [0.25, 0.3) is 0 Å². The smallest absolute Gasteiger partial charge is 0.139 e. The Kier molecular flexibility index (Phi) is 6.82. The molecule has 0 radical (unpaired) electrons. The number of hydrogen-bond acceptors (Lipinski definition) is 3. The van der Waals surface area contributed by atoms with Crippen LogP contribution in [0, 0.1) is 0 Å². The van der Waals surface area contributed by atoms with Gasteiger partial charge >= 0.3 is 0 Å². The van der Waals surface area contributed by atoms with E-state index in [-0.39, 0.29) is 0 Å². The standard InChI is InChI=1S/C13H21N3O/c14-13(16-17)8-4-5-10-15-11-9-12-6-2-1-3-7-12/h1-3,6-7,15,17H,4-5,8-11H2,(H2,14,16). The van der Waals surface area contributed by atoms with E-state index in [9.17, 15) is 0 Å². The topological polar surface area (TPSA) is 70.6 Å². The van der Waals surface area contributed by atoms with Gasteiger partial charge in [0.15, 0.2) is 0 Å². The molecule has 1 aromatic rings. The average molecular weight is 235 g/mol. The van der Waals surface area contributed by atoms with Gasteiger partial charge in [-0.15, -0.1) is 0 Å². The van der Waals surface area contributed by atoms with Gasteiger partial charge in [0.1, 0.15) is 5.84 Å². The van der Waals surface area contributed by atoms with E-state index in [4.69, 9.17) is 10.9 Å². The maximum Gasteiger partial charge on any atom is 0.139 e. The molecule has 1 rings (SSSR count).